The molecule has 0 bridgehead atoms. The molecule has 0 amide bonds. The van der Waals surface area contributed by atoms with Crippen LogP contribution in [0.1, 0.15) is 31.9 Å². The van der Waals surface area contributed by atoms with Gasteiger partial charge in [0.25, 0.3) is 0 Å². The number of rotatable bonds is 2. The largest absolute Gasteiger partial charge is 0.379 e. The van der Waals surface area contributed by atoms with Gasteiger partial charge in [0, 0.05) is 19.6 Å². The standard InChI is InChI=1S/C15H23NO/c1-15(2,3)14-6-4-13(5-7-14)12-16-8-10-17-11-9-16/h4-7H,8-12H2,1-3H3. The second kappa shape index (κ2) is 5.19. The summed E-state index contributed by atoms with van der Waals surface area (Å²) in [4.78, 5) is 2.45. The number of benzene rings is 1. The minimum Gasteiger partial charge on any atom is -0.379 e. The molecule has 0 N–H and O–H groups in total. The maximum absolute atomic E-state index is 5.36. The monoisotopic (exact) mass is 233 g/mol. The Balaban J connectivity index is 1.98. The lowest BCUT2D eigenvalue weighted by molar-refractivity contribution is 0.0342. The van der Waals surface area contributed by atoms with Gasteiger partial charge in [-0.1, -0.05) is 45.0 Å². The van der Waals surface area contributed by atoms with E-state index in [1.54, 1.807) is 0 Å². The Labute approximate surface area is 105 Å². The van der Waals surface area contributed by atoms with Crippen molar-refractivity contribution < 1.29 is 4.74 Å². The van der Waals surface area contributed by atoms with E-state index < -0.39 is 0 Å². The number of hydrogen-bond donors (Lipinski definition) is 0. The van der Waals surface area contributed by atoms with E-state index in [0.717, 1.165) is 32.8 Å². The number of morpholine rings is 1. The first-order chi connectivity index (χ1) is 8.05. The van der Waals surface area contributed by atoms with Crippen molar-refractivity contribution in [1.82, 2.24) is 4.90 Å². The van der Waals surface area contributed by atoms with Gasteiger partial charge in [0.1, 0.15) is 0 Å². The highest BCUT2D eigenvalue weighted by molar-refractivity contribution is 5.27. The fourth-order valence-corrected chi connectivity index (χ4v) is 2.13. The molecule has 0 aromatic heterocycles. The van der Waals surface area contributed by atoms with Crippen molar-refractivity contribution in [3.63, 3.8) is 0 Å². The maximum atomic E-state index is 5.36. The summed E-state index contributed by atoms with van der Waals surface area (Å²) in [6, 6.07) is 9.04. The third kappa shape index (κ3) is 3.55. The van der Waals surface area contributed by atoms with Gasteiger partial charge in [-0.15, -0.1) is 0 Å². The van der Waals surface area contributed by atoms with Gasteiger partial charge in [0.2, 0.25) is 0 Å². The van der Waals surface area contributed by atoms with Gasteiger partial charge in [0.15, 0.2) is 0 Å². The van der Waals surface area contributed by atoms with Crippen LogP contribution in [0.3, 0.4) is 0 Å². The highest BCUT2D eigenvalue weighted by Crippen LogP contribution is 2.22. The molecule has 94 valence electrons. The van der Waals surface area contributed by atoms with E-state index in [-0.39, 0.29) is 5.41 Å². The zero-order valence-electron chi connectivity index (χ0n) is 11.2. The molecule has 17 heavy (non-hydrogen) atoms. The molecule has 2 nitrogen and oxygen atoms in total. The van der Waals surface area contributed by atoms with Crippen molar-refractivity contribution in [2.75, 3.05) is 26.3 Å². The predicted octanol–water partition coefficient (Wildman–Crippen LogP) is 2.82. The van der Waals surface area contributed by atoms with Crippen LogP contribution in [-0.2, 0) is 16.7 Å². The molecule has 0 radical (unpaired) electrons. The third-order valence-corrected chi connectivity index (χ3v) is 3.33. The van der Waals surface area contributed by atoms with Gasteiger partial charge >= 0.3 is 0 Å². The summed E-state index contributed by atoms with van der Waals surface area (Å²) in [6.45, 7) is 11.7. The molecule has 0 aliphatic carbocycles. The molecule has 0 spiro atoms. The Morgan fingerprint density at radius 2 is 1.65 bits per heavy atom. The van der Waals surface area contributed by atoms with Crippen LogP contribution >= 0.6 is 0 Å². The molecule has 0 saturated carbocycles. The van der Waals surface area contributed by atoms with Crippen molar-refractivity contribution >= 4 is 0 Å². The molecule has 1 heterocycles. The highest BCUT2D eigenvalue weighted by Gasteiger charge is 2.14. The molecule has 0 unspecified atom stereocenters. The Bertz CT molecular complexity index is 344. The van der Waals surface area contributed by atoms with Gasteiger partial charge in [-0.25, -0.2) is 0 Å². The second-order valence-electron chi connectivity index (χ2n) is 5.84. The highest BCUT2D eigenvalue weighted by atomic mass is 16.5. The molecule has 1 fully saturated rings. The van der Waals surface area contributed by atoms with E-state index in [9.17, 15) is 0 Å². The van der Waals surface area contributed by atoms with Crippen molar-refractivity contribution in [2.24, 2.45) is 0 Å². The summed E-state index contributed by atoms with van der Waals surface area (Å²) in [5, 5.41) is 0. The lowest BCUT2D eigenvalue weighted by Crippen LogP contribution is -2.35. The molecule has 1 aromatic carbocycles. The quantitative estimate of drug-likeness (QED) is 0.779. The SMILES string of the molecule is CC(C)(C)c1ccc(CN2CCOCC2)cc1. The van der Waals surface area contributed by atoms with Crippen LogP contribution in [0.25, 0.3) is 0 Å². The summed E-state index contributed by atoms with van der Waals surface area (Å²) >= 11 is 0. The first-order valence-electron chi connectivity index (χ1n) is 6.45. The van der Waals surface area contributed by atoms with Crippen molar-refractivity contribution in [3.05, 3.63) is 35.4 Å². The van der Waals surface area contributed by atoms with E-state index in [1.165, 1.54) is 11.1 Å². The van der Waals surface area contributed by atoms with E-state index in [0.29, 0.717) is 0 Å². The molecular weight excluding hydrogens is 210 g/mol. The number of ether oxygens (including phenoxy) is 1. The van der Waals surface area contributed by atoms with Crippen LogP contribution < -0.4 is 0 Å². The van der Waals surface area contributed by atoms with Gasteiger partial charge in [-0.05, 0) is 16.5 Å². The van der Waals surface area contributed by atoms with Crippen LogP contribution in [0.5, 0.6) is 0 Å². The van der Waals surface area contributed by atoms with Crippen molar-refractivity contribution in [2.45, 2.75) is 32.7 Å². The van der Waals surface area contributed by atoms with Crippen molar-refractivity contribution in [1.29, 1.82) is 0 Å². The molecule has 0 atom stereocenters. The summed E-state index contributed by atoms with van der Waals surface area (Å²) in [6.07, 6.45) is 0. The predicted molar refractivity (Wildman–Crippen MR) is 71.2 cm³/mol. The number of nitrogens with zero attached hydrogens (tertiary/aromatic N) is 1. The van der Waals surface area contributed by atoms with Crippen molar-refractivity contribution in [3.8, 4) is 0 Å². The Morgan fingerprint density at radius 1 is 1.06 bits per heavy atom. The van der Waals surface area contributed by atoms with Gasteiger partial charge < -0.3 is 4.74 Å². The third-order valence-electron chi connectivity index (χ3n) is 3.33. The lowest BCUT2D eigenvalue weighted by atomic mass is 9.87. The van der Waals surface area contributed by atoms with E-state index in [1.807, 2.05) is 0 Å². The van der Waals surface area contributed by atoms with Crippen LogP contribution in [0.4, 0.5) is 0 Å². The zero-order chi connectivity index (χ0) is 12.3. The number of hydrogen-bond acceptors (Lipinski definition) is 2. The summed E-state index contributed by atoms with van der Waals surface area (Å²) in [5.74, 6) is 0. The molecule has 1 aromatic rings. The molecule has 1 aliphatic rings. The summed E-state index contributed by atoms with van der Waals surface area (Å²) in [7, 11) is 0. The Morgan fingerprint density at radius 3 is 2.18 bits per heavy atom. The molecular formula is C15H23NO. The van der Waals surface area contributed by atoms with Crippen LogP contribution in [0.2, 0.25) is 0 Å². The first kappa shape index (κ1) is 12.6. The minimum atomic E-state index is 0.248. The molecule has 1 saturated heterocycles. The fourth-order valence-electron chi connectivity index (χ4n) is 2.13. The van der Waals surface area contributed by atoms with E-state index >= 15 is 0 Å². The average Bonchev–Trinajstić information content (AvgIpc) is 2.30. The zero-order valence-corrected chi connectivity index (χ0v) is 11.2. The summed E-state index contributed by atoms with van der Waals surface area (Å²) < 4.78 is 5.36. The topological polar surface area (TPSA) is 12.5 Å². The van der Waals surface area contributed by atoms with Gasteiger partial charge in [-0.3, -0.25) is 4.90 Å². The normalized spacial score (nSPS) is 18.3. The minimum absolute atomic E-state index is 0.248. The van der Waals surface area contributed by atoms with E-state index in [2.05, 4.69) is 49.9 Å². The second-order valence-corrected chi connectivity index (χ2v) is 5.84. The lowest BCUT2D eigenvalue weighted by Gasteiger charge is -2.27. The van der Waals surface area contributed by atoms with Crippen LogP contribution in [-0.4, -0.2) is 31.2 Å². The first-order valence-corrected chi connectivity index (χ1v) is 6.45. The fraction of sp³-hybridized carbons (Fsp3) is 0.600. The molecule has 1 aliphatic heterocycles. The molecule has 2 heteroatoms. The Kier molecular flexibility index (Phi) is 3.85. The average molecular weight is 233 g/mol. The molecule has 2 rings (SSSR count). The van der Waals surface area contributed by atoms with Crippen LogP contribution in [0.15, 0.2) is 24.3 Å². The summed E-state index contributed by atoms with van der Waals surface area (Å²) in [5.41, 5.74) is 3.06. The van der Waals surface area contributed by atoms with Crippen LogP contribution in [0, 0.1) is 0 Å². The van der Waals surface area contributed by atoms with Gasteiger partial charge in [0.05, 0.1) is 13.2 Å². The smallest absolute Gasteiger partial charge is 0.0594 e. The van der Waals surface area contributed by atoms with Gasteiger partial charge in [-0.2, -0.15) is 0 Å². The maximum Gasteiger partial charge on any atom is 0.0594 e. The van der Waals surface area contributed by atoms with E-state index in [4.69, 9.17) is 4.74 Å². The Hall–Kier alpha value is -0.860.